The summed E-state index contributed by atoms with van der Waals surface area (Å²) in [4.78, 5) is 26.3. The van der Waals surface area contributed by atoms with Crippen molar-refractivity contribution < 1.29 is 4.79 Å². The second kappa shape index (κ2) is 7.28. The van der Waals surface area contributed by atoms with E-state index >= 15 is 0 Å². The molecule has 1 aromatic heterocycles. The number of amides is 1. The van der Waals surface area contributed by atoms with Crippen LogP contribution in [0, 0.1) is 5.92 Å². The van der Waals surface area contributed by atoms with E-state index in [1.54, 1.807) is 10.7 Å². The Kier molecular flexibility index (Phi) is 4.88. The van der Waals surface area contributed by atoms with Gasteiger partial charge in [-0.1, -0.05) is 6.42 Å². The zero-order chi connectivity index (χ0) is 17.2. The third-order valence-corrected chi connectivity index (χ3v) is 5.79. The van der Waals surface area contributed by atoms with Crippen molar-refractivity contribution in [2.75, 3.05) is 19.6 Å². The third kappa shape index (κ3) is 3.94. The molecule has 1 unspecified atom stereocenters. The van der Waals surface area contributed by atoms with E-state index in [1.165, 1.54) is 12.8 Å². The van der Waals surface area contributed by atoms with Crippen LogP contribution in [0.4, 0.5) is 0 Å². The minimum atomic E-state index is 0.0510. The number of aromatic nitrogens is 2. The molecule has 1 atom stereocenters. The number of carbonyl (C=O) groups is 1. The van der Waals surface area contributed by atoms with E-state index in [9.17, 15) is 9.59 Å². The smallest absolute Gasteiger partial charge is 0.267 e. The number of likely N-dealkylation sites (tertiary alicyclic amines) is 1. The average Bonchev–Trinajstić information content (AvgIpc) is 2.77. The van der Waals surface area contributed by atoms with Crippen molar-refractivity contribution in [1.82, 2.24) is 20.0 Å². The lowest BCUT2D eigenvalue weighted by molar-refractivity contribution is -0.121. The standard InChI is InChI=1S/C19H28N4O2/c24-18-8-4-2-6-16(20-18)13-22-10-14(11-22)12-23-19(25)9-15-5-1-3-7-17(15)21-23/h9,14,16H,1-8,10-13H2,(H,20,24). The fourth-order valence-electron chi connectivity index (χ4n) is 4.41. The lowest BCUT2D eigenvalue weighted by atomic mass is 9.96. The van der Waals surface area contributed by atoms with Crippen LogP contribution in [-0.2, 0) is 24.2 Å². The molecule has 25 heavy (non-hydrogen) atoms. The first-order valence-electron chi connectivity index (χ1n) is 9.79. The Morgan fingerprint density at radius 1 is 1.04 bits per heavy atom. The highest BCUT2D eigenvalue weighted by atomic mass is 16.1. The van der Waals surface area contributed by atoms with Gasteiger partial charge >= 0.3 is 0 Å². The van der Waals surface area contributed by atoms with Crippen molar-refractivity contribution in [3.63, 3.8) is 0 Å². The van der Waals surface area contributed by atoms with Crippen molar-refractivity contribution >= 4 is 5.91 Å². The van der Waals surface area contributed by atoms with Gasteiger partial charge in [0.25, 0.3) is 5.56 Å². The molecule has 1 N–H and O–H groups in total. The summed E-state index contributed by atoms with van der Waals surface area (Å²) in [5, 5.41) is 7.76. The topological polar surface area (TPSA) is 67.2 Å². The predicted molar refractivity (Wildman–Crippen MR) is 95.5 cm³/mol. The Hall–Kier alpha value is -1.69. The van der Waals surface area contributed by atoms with E-state index in [0.29, 0.717) is 18.4 Å². The number of aryl methyl sites for hydroxylation is 2. The first-order chi connectivity index (χ1) is 12.2. The van der Waals surface area contributed by atoms with Gasteiger partial charge < -0.3 is 10.2 Å². The number of hydrogen-bond donors (Lipinski definition) is 1. The second-order valence-corrected chi connectivity index (χ2v) is 7.94. The van der Waals surface area contributed by atoms with Crippen LogP contribution in [0.3, 0.4) is 0 Å². The predicted octanol–water partition coefficient (Wildman–Crippen LogP) is 1.11. The van der Waals surface area contributed by atoms with E-state index in [0.717, 1.165) is 69.5 Å². The molecule has 136 valence electrons. The van der Waals surface area contributed by atoms with Gasteiger partial charge in [0.15, 0.2) is 0 Å². The van der Waals surface area contributed by atoms with Crippen molar-refractivity contribution in [2.24, 2.45) is 5.92 Å². The van der Waals surface area contributed by atoms with E-state index in [1.807, 2.05) is 0 Å². The SMILES string of the molecule is O=C1CCCCC(CN2CC(Cn3nc4c(cc3=O)CCCC4)C2)N1. The van der Waals surface area contributed by atoms with Gasteiger partial charge in [0, 0.05) is 44.1 Å². The Morgan fingerprint density at radius 2 is 1.84 bits per heavy atom. The van der Waals surface area contributed by atoms with Gasteiger partial charge in [0.05, 0.1) is 12.2 Å². The highest BCUT2D eigenvalue weighted by Gasteiger charge is 2.30. The molecule has 3 heterocycles. The molecule has 2 aliphatic heterocycles. The summed E-state index contributed by atoms with van der Waals surface area (Å²) < 4.78 is 1.68. The molecule has 6 heteroatoms. The maximum absolute atomic E-state index is 12.3. The van der Waals surface area contributed by atoms with Crippen LogP contribution in [0.5, 0.6) is 0 Å². The van der Waals surface area contributed by atoms with Gasteiger partial charge in [-0.2, -0.15) is 5.10 Å². The summed E-state index contributed by atoms with van der Waals surface area (Å²) >= 11 is 0. The maximum atomic E-state index is 12.3. The van der Waals surface area contributed by atoms with Crippen LogP contribution in [0.1, 0.15) is 49.8 Å². The zero-order valence-corrected chi connectivity index (χ0v) is 14.9. The molecule has 1 amide bonds. The van der Waals surface area contributed by atoms with Crippen LogP contribution < -0.4 is 10.9 Å². The quantitative estimate of drug-likeness (QED) is 0.889. The van der Waals surface area contributed by atoms with Crippen molar-refractivity contribution in [2.45, 2.75) is 64.0 Å². The van der Waals surface area contributed by atoms with Crippen LogP contribution in [0.25, 0.3) is 0 Å². The van der Waals surface area contributed by atoms with Crippen molar-refractivity contribution in [3.05, 3.63) is 27.7 Å². The van der Waals surface area contributed by atoms with Gasteiger partial charge in [-0.3, -0.25) is 9.59 Å². The van der Waals surface area contributed by atoms with Gasteiger partial charge in [0.1, 0.15) is 0 Å². The molecule has 6 nitrogen and oxygen atoms in total. The minimum absolute atomic E-state index is 0.0510. The number of carbonyl (C=O) groups excluding carboxylic acids is 1. The monoisotopic (exact) mass is 344 g/mol. The van der Waals surface area contributed by atoms with Crippen molar-refractivity contribution in [1.29, 1.82) is 0 Å². The zero-order valence-electron chi connectivity index (χ0n) is 14.9. The molecule has 2 fully saturated rings. The highest BCUT2D eigenvalue weighted by molar-refractivity contribution is 5.76. The summed E-state index contributed by atoms with van der Waals surface area (Å²) in [6, 6.07) is 2.10. The fraction of sp³-hybridized carbons (Fsp3) is 0.737. The summed E-state index contributed by atoms with van der Waals surface area (Å²) in [5.74, 6) is 0.692. The molecule has 0 spiro atoms. The molecule has 1 aromatic rings. The van der Waals surface area contributed by atoms with E-state index < -0.39 is 0 Å². The van der Waals surface area contributed by atoms with Crippen molar-refractivity contribution in [3.8, 4) is 0 Å². The van der Waals surface area contributed by atoms with Crippen LogP contribution >= 0.6 is 0 Å². The molecule has 0 aromatic carbocycles. The molecule has 1 aliphatic carbocycles. The largest absolute Gasteiger partial charge is 0.352 e. The molecule has 3 aliphatic rings. The van der Waals surface area contributed by atoms with E-state index in [-0.39, 0.29) is 11.5 Å². The van der Waals surface area contributed by atoms with Gasteiger partial charge in [-0.25, -0.2) is 4.68 Å². The van der Waals surface area contributed by atoms with Crippen LogP contribution in [0.15, 0.2) is 10.9 Å². The minimum Gasteiger partial charge on any atom is -0.352 e. The second-order valence-electron chi connectivity index (χ2n) is 7.94. The Labute approximate surface area is 148 Å². The maximum Gasteiger partial charge on any atom is 0.267 e. The number of nitrogens with one attached hydrogen (secondary N) is 1. The van der Waals surface area contributed by atoms with E-state index in [4.69, 9.17) is 0 Å². The Balaban J connectivity index is 1.30. The number of hydrogen-bond acceptors (Lipinski definition) is 4. The van der Waals surface area contributed by atoms with Gasteiger partial charge in [-0.15, -0.1) is 0 Å². The highest BCUT2D eigenvalue weighted by Crippen LogP contribution is 2.21. The molecular formula is C19H28N4O2. The molecule has 2 saturated heterocycles. The molecular weight excluding hydrogens is 316 g/mol. The first-order valence-corrected chi connectivity index (χ1v) is 9.79. The number of nitrogens with zero attached hydrogens (tertiary/aromatic N) is 3. The molecule has 0 radical (unpaired) electrons. The normalized spacial score (nSPS) is 25.0. The fourth-order valence-corrected chi connectivity index (χ4v) is 4.41. The van der Waals surface area contributed by atoms with Crippen LogP contribution in [-0.4, -0.2) is 46.3 Å². The first kappa shape index (κ1) is 16.8. The lowest BCUT2D eigenvalue weighted by Gasteiger charge is -2.41. The van der Waals surface area contributed by atoms with Gasteiger partial charge in [0.2, 0.25) is 5.91 Å². The summed E-state index contributed by atoms with van der Waals surface area (Å²) in [6.07, 6.45) is 8.27. The summed E-state index contributed by atoms with van der Waals surface area (Å²) in [7, 11) is 0. The Bertz CT molecular complexity index is 693. The van der Waals surface area contributed by atoms with E-state index in [2.05, 4.69) is 15.3 Å². The Morgan fingerprint density at radius 3 is 2.72 bits per heavy atom. The molecule has 4 rings (SSSR count). The van der Waals surface area contributed by atoms with Crippen LogP contribution in [0.2, 0.25) is 0 Å². The lowest BCUT2D eigenvalue weighted by Crippen LogP contribution is -2.54. The summed E-state index contributed by atoms with van der Waals surface area (Å²) in [6.45, 7) is 3.66. The molecule has 0 saturated carbocycles. The molecule has 0 bridgehead atoms. The van der Waals surface area contributed by atoms with Gasteiger partial charge in [-0.05, 0) is 44.1 Å². The third-order valence-electron chi connectivity index (χ3n) is 5.79. The average molecular weight is 344 g/mol. The summed E-state index contributed by atoms with van der Waals surface area (Å²) in [5.41, 5.74) is 2.34. The number of fused-ring (bicyclic) bond motifs is 1. The number of rotatable bonds is 4.